The zero-order valence-corrected chi connectivity index (χ0v) is 11.2. The molecule has 2 aliphatic heterocycles. The third-order valence-corrected chi connectivity index (χ3v) is 4.42. The molecule has 1 aromatic heterocycles. The Morgan fingerprint density at radius 1 is 1.35 bits per heavy atom. The van der Waals surface area contributed by atoms with Gasteiger partial charge in [0.15, 0.2) is 0 Å². The Bertz CT molecular complexity index is 481. The maximum atomic E-state index is 12.9. The third kappa shape index (κ3) is 2.67. The molecule has 0 aromatic carbocycles. The highest BCUT2D eigenvalue weighted by Crippen LogP contribution is 2.37. The highest BCUT2D eigenvalue weighted by atomic mass is 19.4. The number of pyridine rings is 1. The van der Waals surface area contributed by atoms with Gasteiger partial charge in [-0.05, 0) is 43.5 Å². The van der Waals surface area contributed by atoms with E-state index in [1.165, 1.54) is 12.3 Å². The Morgan fingerprint density at radius 3 is 2.90 bits per heavy atom. The Balaban J connectivity index is 1.73. The first-order valence-corrected chi connectivity index (χ1v) is 6.93. The fourth-order valence-corrected chi connectivity index (χ4v) is 3.34. The van der Waals surface area contributed by atoms with Crippen molar-refractivity contribution in [1.29, 1.82) is 0 Å². The molecule has 2 fully saturated rings. The van der Waals surface area contributed by atoms with Crippen LogP contribution in [0.1, 0.15) is 24.1 Å². The predicted molar refractivity (Wildman–Crippen MR) is 69.1 cm³/mol. The fraction of sp³-hybridized carbons (Fsp3) is 0.643. The van der Waals surface area contributed by atoms with Crippen molar-refractivity contribution in [1.82, 2.24) is 15.2 Å². The molecule has 20 heavy (non-hydrogen) atoms. The summed E-state index contributed by atoms with van der Waals surface area (Å²) in [6.07, 6.45) is -0.699. The van der Waals surface area contributed by atoms with E-state index in [-0.39, 0.29) is 17.7 Å². The molecular weight excluding hydrogens is 267 g/mol. The lowest BCUT2D eigenvalue weighted by molar-refractivity contribution is -0.138. The molecule has 1 atom stereocenters. The van der Waals surface area contributed by atoms with E-state index in [2.05, 4.69) is 15.2 Å². The van der Waals surface area contributed by atoms with Crippen LogP contribution in [-0.4, -0.2) is 36.1 Å². The first-order valence-electron chi connectivity index (χ1n) is 6.93. The third-order valence-electron chi connectivity index (χ3n) is 4.42. The van der Waals surface area contributed by atoms with Crippen molar-refractivity contribution in [3.8, 4) is 0 Å². The monoisotopic (exact) mass is 285 g/mol. The predicted octanol–water partition coefficient (Wildman–Crippen LogP) is 2.29. The minimum atomic E-state index is -4.32. The van der Waals surface area contributed by atoms with E-state index in [0.717, 1.165) is 45.1 Å². The molecular formula is C14H18F3N3. The summed E-state index contributed by atoms with van der Waals surface area (Å²) in [5, 5.41) is 3.35. The Hall–Kier alpha value is -1.14. The number of nitrogens with zero attached hydrogens (tertiary/aromatic N) is 2. The number of rotatable bonds is 2. The van der Waals surface area contributed by atoms with Gasteiger partial charge in [0, 0.05) is 25.8 Å². The van der Waals surface area contributed by atoms with Gasteiger partial charge in [-0.1, -0.05) is 0 Å². The summed E-state index contributed by atoms with van der Waals surface area (Å²) < 4.78 is 38.8. The molecule has 0 aliphatic carbocycles. The van der Waals surface area contributed by atoms with Crippen LogP contribution in [0.15, 0.2) is 18.3 Å². The molecule has 1 N–H and O–H groups in total. The highest BCUT2D eigenvalue weighted by molar-refractivity contribution is 5.23. The van der Waals surface area contributed by atoms with E-state index in [1.54, 1.807) is 0 Å². The normalized spacial score (nSPS) is 27.6. The van der Waals surface area contributed by atoms with Gasteiger partial charge in [0.1, 0.15) is 0 Å². The highest BCUT2D eigenvalue weighted by Gasteiger charge is 2.41. The number of likely N-dealkylation sites (tertiary alicyclic amines) is 1. The topological polar surface area (TPSA) is 28.2 Å². The van der Waals surface area contributed by atoms with Crippen LogP contribution in [0.25, 0.3) is 0 Å². The van der Waals surface area contributed by atoms with Crippen LogP contribution in [0.2, 0.25) is 0 Å². The van der Waals surface area contributed by atoms with Crippen molar-refractivity contribution >= 4 is 0 Å². The first-order chi connectivity index (χ1) is 9.49. The van der Waals surface area contributed by atoms with Crippen LogP contribution in [0.4, 0.5) is 13.2 Å². The number of alkyl halides is 3. The van der Waals surface area contributed by atoms with Gasteiger partial charge in [-0.15, -0.1) is 0 Å². The van der Waals surface area contributed by atoms with Gasteiger partial charge < -0.3 is 5.32 Å². The SMILES string of the molecule is FC(F)(F)c1cccnc1CN1CCC2(CCNC2)C1. The maximum absolute atomic E-state index is 12.9. The first kappa shape index (κ1) is 13.8. The molecule has 2 aliphatic rings. The van der Waals surface area contributed by atoms with E-state index in [4.69, 9.17) is 0 Å². The number of hydrogen-bond acceptors (Lipinski definition) is 3. The van der Waals surface area contributed by atoms with Gasteiger partial charge >= 0.3 is 6.18 Å². The van der Waals surface area contributed by atoms with Crippen LogP contribution in [-0.2, 0) is 12.7 Å². The van der Waals surface area contributed by atoms with E-state index < -0.39 is 11.7 Å². The lowest BCUT2D eigenvalue weighted by Crippen LogP contribution is -2.29. The van der Waals surface area contributed by atoms with Gasteiger partial charge in [-0.2, -0.15) is 13.2 Å². The van der Waals surface area contributed by atoms with Crippen molar-refractivity contribution in [2.45, 2.75) is 25.6 Å². The zero-order chi connectivity index (χ0) is 14.2. The summed E-state index contributed by atoms with van der Waals surface area (Å²) >= 11 is 0. The average Bonchev–Trinajstić information content (AvgIpc) is 3.00. The van der Waals surface area contributed by atoms with Crippen molar-refractivity contribution in [3.05, 3.63) is 29.6 Å². The second-order valence-corrected chi connectivity index (χ2v) is 5.88. The molecule has 0 saturated carbocycles. The molecule has 1 aromatic rings. The maximum Gasteiger partial charge on any atom is 0.418 e. The second kappa shape index (κ2) is 5.00. The second-order valence-electron chi connectivity index (χ2n) is 5.88. The van der Waals surface area contributed by atoms with Crippen LogP contribution < -0.4 is 5.32 Å². The van der Waals surface area contributed by atoms with Crippen LogP contribution in [0.3, 0.4) is 0 Å². The lowest BCUT2D eigenvalue weighted by Gasteiger charge is -2.23. The molecule has 3 nitrogen and oxygen atoms in total. The van der Waals surface area contributed by atoms with E-state index >= 15 is 0 Å². The van der Waals surface area contributed by atoms with Crippen LogP contribution >= 0.6 is 0 Å². The molecule has 0 bridgehead atoms. The summed E-state index contributed by atoms with van der Waals surface area (Å²) in [4.78, 5) is 6.05. The number of nitrogens with one attached hydrogen (secondary N) is 1. The van der Waals surface area contributed by atoms with Crippen molar-refractivity contribution in [3.63, 3.8) is 0 Å². The van der Waals surface area contributed by atoms with Crippen LogP contribution in [0.5, 0.6) is 0 Å². The molecule has 1 spiro atoms. The minimum absolute atomic E-state index is 0.142. The molecule has 2 saturated heterocycles. The van der Waals surface area contributed by atoms with Gasteiger partial charge in [0.2, 0.25) is 0 Å². The van der Waals surface area contributed by atoms with Gasteiger partial charge in [0.05, 0.1) is 11.3 Å². The summed E-state index contributed by atoms with van der Waals surface area (Å²) in [6.45, 7) is 4.02. The van der Waals surface area contributed by atoms with E-state index in [9.17, 15) is 13.2 Å². The largest absolute Gasteiger partial charge is 0.418 e. The summed E-state index contributed by atoms with van der Waals surface area (Å²) in [6, 6.07) is 2.46. The quantitative estimate of drug-likeness (QED) is 0.903. The van der Waals surface area contributed by atoms with Crippen LogP contribution in [0, 0.1) is 5.41 Å². The standard InChI is InChI=1S/C14H18F3N3/c15-14(16,17)11-2-1-5-19-12(11)8-20-7-4-13(10-20)3-6-18-9-13/h1-2,5,18H,3-4,6-10H2. The summed E-state index contributed by atoms with van der Waals surface area (Å²) in [7, 11) is 0. The van der Waals surface area contributed by atoms with Gasteiger partial charge in [-0.25, -0.2) is 0 Å². The molecule has 110 valence electrons. The average molecular weight is 285 g/mol. The molecule has 0 radical (unpaired) electrons. The lowest BCUT2D eigenvalue weighted by atomic mass is 9.87. The Labute approximate surface area is 116 Å². The number of aromatic nitrogens is 1. The smallest absolute Gasteiger partial charge is 0.316 e. The van der Waals surface area contributed by atoms with Crippen molar-refractivity contribution < 1.29 is 13.2 Å². The zero-order valence-electron chi connectivity index (χ0n) is 11.2. The molecule has 6 heteroatoms. The summed E-state index contributed by atoms with van der Waals surface area (Å²) in [5.74, 6) is 0. The van der Waals surface area contributed by atoms with Crippen molar-refractivity contribution in [2.24, 2.45) is 5.41 Å². The Kier molecular flexibility index (Phi) is 3.46. The van der Waals surface area contributed by atoms with E-state index in [0.29, 0.717) is 0 Å². The number of hydrogen-bond donors (Lipinski definition) is 1. The molecule has 1 unspecified atom stereocenters. The van der Waals surface area contributed by atoms with Gasteiger partial charge in [0.25, 0.3) is 0 Å². The molecule has 3 heterocycles. The number of halogens is 3. The van der Waals surface area contributed by atoms with Gasteiger partial charge in [-0.3, -0.25) is 9.88 Å². The minimum Gasteiger partial charge on any atom is -0.316 e. The molecule has 3 rings (SSSR count). The molecule has 0 amide bonds. The Morgan fingerprint density at radius 2 is 2.20 bits per heavy atom. The summed E-state index contributed by atoms with van der Waals surface area (Å²) in [5.41, 5.74) is -0.193. The van der Waals surface area contributed by atoms with E-state index in [1.807, 2.05) is 0 Å². The fourth-order valence-electron chi connectivity index (χ4n) is 3.34. The van der Waals surface area contributed by atoms with Crippen molar-refractivity contribution in [2.75, 3.05) is 26.2 Å².